The van der Waals surface area contributed by atoms with Crippen molar-refractivity contribution in [2.75, 3.05) is 6.61 Å². The number of rotatable bonds is 5. The van der Waals surface area contributed by atoms with E-state index in [2.05, 4.69) is 31.3 Å². The summed E-state index contributed by atoms with van der Waals surface area (Å²) in [6.07, 6.45) is 1.22. The van der Waals surface area contributed by atoms with Crippen molar-refractivity contribution in [2.45, 2.75) is 26.2 Å². The highest BCUT2D eigenvalue weighted by Crippen LogP contribution is 2.24. The SMILES string of the molecule is CC(C)(C)c1ccc(OCC(=O)N/N=C\c2ccc(F)c(F)c2)cc1. The summed E-state index contributed by atoms with van der Waals surface area (Å²) in [6, 6.07) is 10.8. The fourth-order valence-corrected chi connectivity index (χ4v) is 2.00. The molecule has 1 amide bonds. The Balaban J connectivity index is 1.82. The van der Waals surface area contributed by atoms with Gasteiger partial charge < -0.3 is 4.74 Å². The van der Waals surface area contributed by atoms with Crippen molar-refractivity contribution >= 4 is 12.1 Å². The van der Waals surface area contributed by atoms with Crippen molar-refractivity contribution in [1.29, 1.82) is 0 Å². The first kappa shape index (κ1) is 18.6. The molecule has 0 aliphatic heterocycles. The molecule has 2 aromatic rings. The van der Waals surface area contributed by atoms with E-state index in [9.17, 15) is 13.6 Å². The molecule has 6 heteroatoms. The Morgan fingerprint density at radius 3 is 2.40 bits per heavy atom. The highest BCUT2D eigenvalue weighted by atomic mass is 19.2. The average Bonchev–Trinajstić information content (AvgIpc) is 2.56. The molecule has 0 heterocycles. The van der Waals surface area contributed by atoms with Gasteiger partial charge in [-0.15, -0.1) is 0 Å². The summed E-state index contributed by atoms with van der Waals surface area (Å²) in [4.78, 5) is 11.7. The minimum atomic E-state index is -0.975. The van der Waals surface area contributed by atoms with Gasteiger partial charge >= 0.3 is 0 Å². The van der Waals surface area contributed by atoms with Crippen molar-refractivity contribution in [3.8, 4) is 5.75 Å². The summed E-state index contributed by atoms with van der Waals surface area (Å²) in [5.74, 6) is -1.80. The zero-order valence-corrected chi connectivity index (χ0v) is 14.3. The van der Waals surface area contributed by atoms with E-state index in [-0.39, 0.29) is 12.0 Å². The Morgan fingerprint density at radius 2 is 1.80 bits per heavy atom. The van der Waals surface area contributed by atoms with Gasteiger partial charge in [-0.05, 0) is 40.8 Å². The average molecular weight is 346 g/mol. The zero-order valence-electron chi connectivity index (χ0n) is 14.3. The Hall–Kier alpha value is -2.76. The topological polar surface area (TPSA) is 50.7 Å². The second-order valence-corrected chi connectivity index (χ2v) is 6.53. The maximum absolute atomic E-state index is 13.0. The molecule has 0 aliphatic carbocycles. The minimum Gasteiger partial charge on any atom is -0.484 e. The Labute approximate surface area is 145 Å². The van der Waals surface area contributed by atoms with Gasteiger partial charge in [0.25, 0.3) is 5.91 Å². The highest BCUT2D eigenvalue weighted by molar-refractivity contribution is 5.82. The molecule has 0 saturated heterocycles. The Bertz CT molecular complexity index is 766. The van der Waals surface area contributed by atoms with Crippen LogP contribution in [0.4, 0.5) is 8.78 Å². The summed E-state index contributed by atoms with van der Waals surface area (Å²) in [6.45, 7) is 6.13. The Kier molecular flexibility index (Phi) is 5.85. The van der Waals surface area contributed by atoms with Crippen LogP contribution in [0.3, 0.4) is 0 Å². The number of nitrogens with zero attached hydrogens (tertiary/aromatic N) is 1. The molecule has 25 heavy (non-hydrogen) atoms. The van der Waals surface area contributed by atoms with Crippen LogP contribution in [0, 0.1) is 11.6 Å². The molecule has 0 saturated carbocycles. The van der Waals surface area contributed by atoms with E-state index < -0.39 is 17.5 Å². The maximum Gasteiger partial charge on any atom is 0.277 e. The second-order valence-electron chi connectivity index (χ2n) is 6.53. The predicted molar refractivity (Wildman–Crippen MR) is 92.7 cm³/mol. The zero-order chi connectivity index (χ0) is 18.4. The lowest BCUT2D eigenvalue weighted by Gasteiger charge is -2.19. The van der Waals surface area contributed by atoms with E-state index in [1.54, 1.807) is 12.1 Å². The first-order valence-corrected chi connectivity index (χ1v) is 7.76. The molecule has 0 radical (unpaired) electrons. The van der Waals surface area contributed by atoms with Crippen LogP contribution in [0.5, 0.6) is 5.75 Å². The van der Waals surface area contributed by atoms with Crippen molar-refractivity contribution in [3.05, 3.63) is 65.2 Å². The second kappa shape index (κ2) is 7.88. The van der Waals surface area contributed by atoms with Crippen LogP contribution >= 0.6 is 0 Å². The molecule has 0 aliphatic rings. The maximum atomic E-state index is 13.0. The first-order chi connectivity index (χ1) is 11.8. The molecule has 0 spiro atoms. The summed E-state index contributed by atoms with van der Waals surface area (Å²) in [5, 5.41) is 3.68. The molecular weight excluding hydrogens is 326 g/mol. The summed E-state index contributed by atoms with van der Waals surface area (Å²) in [5.41, 5.74) is 3.80. The van der Waals surface area contributed by atoms with E-state index in [4.69, 9.17) is 4.74 Å². The van der Waals surface area contributed by atoms with E-state index in [0.29, 0.717) is 11.3 Å². The lowest BCUT2D eigenvalue weighted by atomic mass is 9.87. The van der Waals surface area contributed by atoms with Crippen molar-refractivity contribution in [3.63, 3.8) is 0 Å². The third-order valence-corrected chi connectivity index (χ3v) is 3.44. The quantitative estimate of drug-likeness (QED) is 0.661. The lowest BCUT2D eigenvalue weighted by Crippen LogP contribution is -2.24. The number of ether oxygens (including phenoxy) is 1. The number of carbonyl (C=O) groups excluding carboxylic acids is 1. The van der Waals surface area contributed by atoms with Gasteiger partial charge in [0, 0.05) is 0 Å². The van der Waals surface area contributed by atoms with E-state index in [0.717, 1.165) is 12.1 Å². The van der Waals surface area contributed by atoms with Gasteiger partial charge in [0.1, 0.15) is 5.75 Å². The number of nitrogens with one attached hydrogen (secondary N) is 1. The van der Waals surface area contributed by atoms with Crippen LogP contribution in [-0.2, 0) is 10.2 Å². The number of hydrogen-bond acceptors (Lipinski definition) is 3. The number of hydrazone groups is 1. The third-order valence-electron chi connectivity index (χ3n) is 3.44. The van der Waals surface area contributed by atoms with Gasteiger partial charge in [-0.25, -0.2) is 14.2 Å². The molecule has 2 rings (SSSR count). The standard InChI is InChI=1S/C19H20F2N2O2/c1-19(2,3)14-5-7-15(8-6-14)25-12-18(24)23-22-11-13-4-9-16(20)17(21)10-13/h4-11H,12H2,1-3H3,(H,23,24)/b22-11-. The van der Waals surface area contributed by atoms with Crippen molar-refractivity contribution in [1.82, 2.24) is 5.43 Å². The fraction of sp³-hybridized carbons (Fsp3) is 0.263. The normalized spacial score (nSPS) is 11.6. The number of halogens is 2. The molecule has 0 bridgehead atoms. The lowest BCUT2D eigenvalue weighted by molar-refractivity contribution is -0.123. The van der Waals surface area contributed by atoms with Crippen molar-refractivity contribution < 1.29 is 18.3 Å². The molecule has 132 valence electrons. The van der Waals surface area contributed by atoms with Crippen LogP contribution in [0.2, 0.25) is 0 Å². The summed E-state index contributed by atoms with van der Waals surface area (Å²) < 4.78 is 31.2. The van der Waals surface area contributed by atoms with E-state index >= 15 is 0 Å². The Morgan fingerprint density at radius 1 is 1.12 bits per heavy atom. The van der Waals surface area contributed by atoms with Crippen molar-refractivity contribution in [2.24, 2.45) is 5.10 Å². The molecular formula is C19H20F2N2O2. The molecule has 2 aromatic carbocycles. The smallest absolute Gasteiger partial charge is 0.277 e. The fourth-order valence-electron chi connectivity index (χ4n) is 2.00. The third kappa shape index (κ3) is 5.67. The molecule has 0 aromatic heterocycles. The van der Waals surface area contributed by atoms with Gasteiger partial charge in [0.2, 0.25) is 0 Å². The molecule has 4 nitrogen and oxygen atoms in total. The van der Waals surface area contributed by atoms with Crippen LogP contribution in [0.25, 0.3) is 0 Å². The van der Waals surface area contributed by atoms with Gasteiger partial charge in [-0.2, -0.15) is 5.10 Å². The predicted octanol–water partition coefficient (Wildman–Crippen LogP) is 3.79. The highest BCUT2D eigenvalue weighted by Gasteiger charge is 2.13. The minimum absolute atomic E-state index is 0.0461. The van der Waals surface area contributed by atoms with Gasteiger partial charge in [-0.1, -0.05) is 39.0 Å². The number of hydrogen-bond donors (Lipinski definition) is 1. The number of amides is 1. The molecule has 0 atom stereocenters. The van der Waals surface area contributed by atoms with Crippen LogP contribution in [0.1, 0.15) is 31.9 Å². The van der Waals surface area contributed by atoms with Gasteiger partial charge in [0.15, 0.2) is 18.2 Å². The number of carbonyl (C=O) groups is 1. The van der Waals surface area contributed by atoms with Gasteiger partial charge in [0.05, 0.1) is 6.21 Å². The first-order valence-electron chi connectivity index (χ1n) is 7.76. The van der Waals surface area contributed by atoms with Crippen LogP contribution in [0.15, 0.2) is 47.6 Å². The van der Waals surface area contributed by atoms with Crippen LogP contribution < -0.4 is 10.2 Å². The summed E-state index contributed by atoms with van der Waals surface area (Å²) in [7, 11) is 0. The number of benzene rings is 2. The molecule has 0 fully saturated rings. The van der Waals surface area contributed by atoms with E-state index in [1.165, 1.54) is 17.8 Å². The van der Waals surface area contributed by atoms with E-state index in [1.807, 2.05) is 12.1 Å². The molecule has 0 unspecified atom stereocenters. The van der Waals surface area contributed by atoms with Crippen LogP contribution in [-0.4, -0.2) is 18.7 Å². The monoisotopic (exact) mass is 346 g/mol. The van der Waals surface area contributed by atoms with Gasteiger partial charge in [-0.3, -0.25) is 4.79 Å². The largest absolute Gasteiger partial charge is 0.484 e. The summed E-state index contributed by atoms with van der Waals surface area (Å²) >= 11 is 0. The molecule has 1 N–H and O–H groups in total.